The van der Waals surface area contributed by atoms with Gasteiger partial charge in [-0.3, -0.25) is 9.78 Å². The van der Waals surface area contributed by atoms with Gasteiger partial charge in [0.05, 0.1) is 10.6 Å². The van der Waals surface area contributed by atoms with E-state index in [0.717, 1.165) is 32.4 Å². The average Bonchev–Trinajstić information content (AvgIpc) is 2.60. The van der Waals surface area contributed by atoms with Crippen molar-refractivity contribution in [3.63, 3.8) is 0 Å². The number of ketones is 1. The minimum absolute atomic E-state index is 0.0658. The predicted octanol–water partition coefficient (Wildman–Crippen LogP) is 3.33. The molecule has 0 amide bonds. The Bertz CT molecular complexity index is 587. The first-order valence-corrected chi connectivity index (χ1v) is 6.22. The van der Waals surface area contributed by atoms with Gasteiger partial charge in [-0.25, -0.2) is 4.98 Å². The van der Waals surface area contributed by atoms with Crippen LogP contribution in [0.3, 0.4) is 0 Å². The molecule has 0 bridgehead atoms. The molecule has 0 aliphatic carbocycles. The zero-order valence-corrected chi connectivity index (χ0v) is 11.2. The van der Waals surface area contributed by atoms with Crippen molar-refractivity contribution in [2.24, 2.45) is 0 Å². The van der Waals surface area contributed by atoms with Gasteiger partial charge in [-0.05, 0) is 31.9 Å². The molecular weight excluding hydrogens is 232 g/mol. The Kier molecular flexibility index (Phi) is 3.07. The fourth-order valence-electron chi connectivity index (χ4n) is 1.76. The van der Waals surface area contributed by atoms with Gasteiger partial charge in [0.2, 0.25) is 0 Å². The van der Waals surface area contributed by atoms with Crippen LogP contribution in [-0.2, 0) is 0 Å². The Balaban J connectivity index is 2.53. The van der Waals surface area contributed by atoms with Crippen molar-refractivity contribution in [3.05, 3.63) is 34.0 Å². The number of carbonyl (C=O) groups excluding carboxylic acids is 1. The molecule has 0 unspecified atom stereocenters. The van der Waals surface area contributed by atoms with Crippen LogP contribution in [-0.4, -0.2) is 15.8 Å². The van der Waals surface area contributed by atoms with Crippen LogP contribution in [0.5, 0.6) is 0 Å². The summed E-state index contributed by atoms with van der Waals surface area (Å²) in [6.45, 7) is 7.46. The minimum atomic E-state index is 0.0658. The molecule has 0 fully saturated rings. The van der Waals surface area contributed by atoms with Crippen molar-refractivity contribution in [1.82, 2.24) is 9.97 Å². The van der Waals surface area contributed by atoms with Crippen LogP contribution in [0.1, 0.15) is 33.4 Å². The molecule has 0 atom stereocenters. The maximum Gasteiger partial charge on any atom is 0.171 e. The van der Waals surface area contributed by atoms with E-state index < -0.39 is 0 Å². The van der Waals surface area contributed by atoms with Crippen LogP contribution in [0, 0.1) is 20.8 Å². The molecule has 0 saturated carbocycles. The molecule has 0 radical (unpaired) electrons. The highest BCUT2D eigenvalue weighted by Gasteiger charge is 2.14. The van der Waals surface area contributed by atoms with Gasteiger partial charge in [-0.1, -0.05) is 6.07 Å². The van der Waals surface area contributed by atoms with Gasteiger partial charge in [0.1, 0.15) is 10.7 Å². The Morgan fingerprint density at radius 1 is 1.29 bits per heavy atom. The second-order valence-electron chi connectivity index (χ2n) is 4.17. The summed E-state index contributed by atoms with van der Waals surface area (Å²) in [7, 11) is 0. The second kappa shape index (κ2) is 4.37. The smallest absolute Gasteiger partial charge is 0.171 e. The minimum Gasteiger partial charge on any atom is -0.294 e. The molecule has 2 heterocycles. The quantitative estimate of drug-likeness (QED) is 0.763. The van der Waals surface area contributed by atoms with E-state index in [-0.39, 0.29) is 5.78 Å². The van der Waals surface area contributed by atoms with Gasteiger partial charge in [-0.15, -0.1) is 11.3 Å². The summed E-state index contributed by atoms with van der Waals surface area (Å²) in [5.41, 5.74) is 3.88. The lowest BCUT2D eigenvalue weighted by atomic mass is 10.2. The van der Waals surface area contributed by atoms with Crippen LogP contribution in [0.25, 0.3) is 10.7 Å². The average molecular weight is 246 g/mol. The number of nitrogens with zero attached hydrogens (tertiary/aromatic N) is 2. The maximum absolute atomic E-state index is 11.4. The van der Waals surface area contributed by atoms with E-state index >= 15 is 0 Å². The van der Waals surface area contributed by atoms with Crippen molar-refractivity contribution in [3.8, 4) is 10.7 Å². The van der Waals surface area contributed by atoms with E-state index in [9.17, 15) is 4.79 Å². The van der Waals surface area contributed by atoms with E-state index in [0.29, 0.717) is 0 Å². The number of carbonyl (C=O) groups is 1. The first kappa shape index (κ1) is 11.9. The van der Waals surface area contributed by atoms with Crippen molar-refractivity contribution >= 4 is 17.1 Å². The lowest BCUT2D eigenvalue weighted by Crippen LogP contribution is -1.90. The van der Waals surface area contributed by atoms with E-state index in [4.69, 9.17) is 0 Å². The van der Waals surface area contributed by atoms with Gasteiger partial charge in [0.15, 0.2) is 5.78 Å². The molecule has 17 heavy (non-hydrogen) atoms. The fraction of sp³-hybridized carbons (Fsp3) is 0.308. The first-order valence-electron chi connectivity index (χ1n) is 5.41. The predicted molar refractivity (Wildman–Crippen MR) is 69.6 cm³/mol. The third-order valence-electron chi connectivity index (χ3n) is 2.53. The molecule has 0 spiro atoms. The first-order chi connectivity index (χ1) is 7.99. The van der Waals surface area contributed by atoms with Gasteiger partial charge >= 0.3 is 0 Å². The molecule has 0 aromatic carbocycles. The number of aryl methyl sites for hydroxylation is 3. The SMILES string of the molecule is CC(=O)c1sc(-c2ncc(C)cc2C)nc1C. The maximum atomic E-state index is 11.4. The highest BCUT2D eigenvalue weighted by atomic mass is 32.1. The second-order valence-corrected chi connectivity index (χ2v) is 5.17. The Morgan fingerprint density at radius 3 is 2.53 bits per heavy atom. The normalized spacial score (nSPS) is 10.6. The number of hydrogen-bond acceptors (Lipinski definition) is 4. The van der Waals surface area contributed by atoms with Gasteiger partial charge in [-0.2, -0.15) is 0 Å². The molecule has 4 heteroatoms. The summed E-state index contributed by atoms with van der Waals surface area (Å²) in [5, 5.41) is 0.824. The van der Waals surface area contributed by atoms with Gasteiger partial charge in [0.25, 0.3) is 0 Å². The zero-order valence-electron chi connectivity index (χ0n) is 10.4. The zero-order chi connectivity index (χ0) is 12.6. The summed E-state index contributed by atoms with van der Waals surface area (Å²) in [5.74, 6) is 0.0658. The number of thiazole rings is 1. The summed E-state index contributed by atoms with van der Waals surface area (Å²) in [6, 6.07) is 2.08. The topological polar surface area (TPSA) is 42.9 Å². The number of aromatic nitrogens is 2. The largest absolute Gasteiger partial charge is 0.294 e. The fourth-order valence-corrected chi connectivity index (χ4v) is 2.79. The third kappa shape index (κ3) is 2.26. The Morgan fingerprint density at radius 2 is 2.00 bits per heavy atom. The standard InChI is InChI=1S/C13H14N2OS/c1-7-5-8(2)11(14-6-7)13-15-9(3)12(17-13)10(4)16/h5-6H,1-4H3. The summed E-state index contributed by atoms with van der Waals surface area (Å²) >= 11 is 1.42. The van der Waals surface area contributed by atoms with E-state index in [1.165, 1.54) is 11.3 Å². The third-order valence-corrected chi connectivity index (χ3v) is 3.80. The summed E-state index contributed by atoms with van der Waals surface area (Å²) in [6.07, 6.45) is 1.83. The van der Waals surface area contributed by atoms with Crippen LogP contribution in [0.15, 0.2) is 12.3 Å². The van der Waals surface area contributed by atoms with Crippen molar-refractivity contribution in [2.45, 2.75) is 27.7 Å². The lowest BCUT2D eigenvalue weighted by Gasteiger charge is -2.01. The molecule has 0 saturated heterocycles. The van der Waals surface area contributed by atoms with Crippen LogP contribution < -0.4 is 0 Å². The van der Waals surface area contributed by atoms with E-state index in [2.05, 4.69) is 16.0 Å². The summed E-state index contributed by atoms with van der Waals surface area (Å²) in [4.78, 5) is 21.0. The highest BCUT2D eigenvalue weighted by molar-refractivity contribution is 7.17. The van der Waals surface area contributed by atoms with Crippen LogP contribution >= 0.6 is 11.3 Å². The molecular formula is C13H14N2OS. The highest BCUT2D eigenvalue weighted by Crippen LogP contribution is 2.29. The van der Waals surface area contributed by atoms with Crippen molar-refractivity contribution in [2.75, 3.05) is 0 Å². The summed E-state index contributed by atoms with van der Waals surface area (Å²) < 4.78 is 0. The molecule has 0 aliphatic heterocycles. The van der Waals surface area contributed by atoms with Crippen molar-refractivity contribution in [1.29, 1.82) is 0 Å². The van der Waals surface area contributed by atoms with Gasteiger partial charge in [0, 0.05) is 13.1 Å². The monoisotopic (exact) mass is 246 g/mol. The molecule has 2 rings (SSSR count). The molecule has 0 N–H and O–H groups in total. The van der Waals surface area contributed by atoms with Crippen molar-refractivity contribution < 1.29 is 4.79 Å². The van der Waals surface area contributed by atoms with Crippen LogP contribution in [0.4, 0.5) is 0 Å². The Hall–Kier alpha value is -1.55. The number of pyridine rings is 1. The molecule has 0 aliphatic rings. The number of hydrogen-bond donors (Lipinski definition) is 0. The van der Waals surface area contributed by atoms with E-state index in [1.807, 2.05) is 27.0 Å². The molecule has 2 aromatic rings. The Labute approximate surface area is 105 Å². The number of Topliss-reactive ketones (excluding diaryl/α,β-unsaturated/α-hetero) is 1. The molecule has 3 nitrogen and oxygen atoms in total. The number of rotatable bonds is 2. The lowest BCUT2D eigenvalue weighted by molar-refractivity contribution is 0.102. The van der Waals surface area contributed by atoms with Crippen LogP contribution in [0.2, 0.25) is 0 Å². The van der Waals surface area contributed by atoms with Gasteiger partial charge < -0.3 is 0 Å². The molecule has 2 aromatic heterocycles. The van der Waals surface area contributed by atoms with E-state index in [1.54, 1.807) is 6.92 Å². The molecule has 88 valence electrons.